The summed E-state index contributed by atoms with van der Waals surface area (Å²) in [7, 11) is 0. The third-order valence-electron chi connectivity index (χ3n) is 0.762. The van der Waals surface area contributed by atoms with E-state index in [0.29, 0.717) is 0 Å². The van der Waals surface area contributed by atoms with Crippen molar-refractivity contribution in [2.45, 2.75) is 26.2 Å². The lowest BCUT2D eigenvalue weighted by atomic mass is 10.3. The molecule has 50 valence electrons. The summed E-state index contributed by atoms with van der Waals surface area (Å²) >= 11 is 0. The fourth-order valence-corrected chi connectivity index (χ4v) is 0.348. The summed E-state index contributed by atoms with van der Waals surface area (Å²) in [6.45, 7) is 5.78. The standard InChI is InChI=1S/C6H12.H4N2/c1-3-5-6-4-2;1-2/h3H,1,4-6H2,2H3;1-2H2. The molecule has 0 saturated carbocycles. The highest BCUT2D eigenvalue weighted by Crippen LogP contribution is 1.91. The first kappa shape index (κ1) is 10.6. The predicted octanol–water partition coefficient (Wildman–Crippen LogP) is 1.18. The van der Waals surface area contributed by atoms with Crippen LogP contribution in [0, 0.1) is 0 Å². The van der Waals surface area contributed by atoms with E-state index >= 15 is 0 Å². The van der Waals surface area contributed by atoms with Gasteiger partial charge in [-0.3, -0.25) is 11.7 Å². The van der Waals surface area contributed by atoms with E-state index in [1.807, 2.05) is 6.08 Å². The van der Waals surface area contributed by atoms with Gasteiger partial charge in [0.05, 0.1) is 0 Å². The summed E-state index contributed by atoms with van der Waals surface area (Å²) in [6, 6.07) is 0. The average molecular weight is 116 g/mol. The quantitative estimate of drug-likeness (QED) is 0.252. The molecule has 0 heterocycles. The van der Waals surface area contributed by atoms with E-state index in [-0.39, 0.29) is 0 Å². The Balaban J connectivity index is 0. The summed E-state index contributed by atoms with van der Waals surface area (Å²) in [5, 5.41) is 0. The van der Waals surface area contributed by atoms with Crippen LogP contribution in [-0.4, -0.2) is 0 Å². The van der Waals surface area contributed by atoms with Gasteiger partial charge in [0.1, 0.15) is 0 Å². The molecule has 4 N–H and O–H groups in total. The van der Waals surface area contributed by atoms with E-state index in [1.54, 1.807) is 0 Å². The zero-order chi connectivity index (χ0) is 6.83. The Labute approximate surface area is 51.5 Å². The molecule has 0 rings (SSSR count). The van der Waals surface area contributed by atoms with Gasteiger partial charge >= 0.3 is 0 Å². The van der Waals surface area contributed by atoms with Crippen LogP contribution in [0.15, 0.2) is 12.7 Å². The van der Waals surface area contributed by atoms with Gasteiger partial charge in [-0.25, -0.2) is 0 Å². The minimum absolute atomic E-state index is 1.18. The van der Waals surface area contributed by atoms with E-state index in [2.05, 4.69) is 25.2 Å². The van der Waals surface area contributed by atoms with Crippen LogP contribution in [0.5, 0.6) is 0 Å². The molecule has 0 aromatic rings. The Kier molecular flexibility index (Phi) is 21.1. The van der Waals surface area contributed by atoms with Crippen LogP contribution >= 0.6 is 0 Å². The summed E-state index contributed by atoms with van der Waals surface area (Å²) in [6.07, 6.45) is 5.72. The molecule has 0 fully saturated rings. The Bertz CT molecular complexity index is 35.5. The van der Waals surface area contributed by atoms with Crippen LogP contribution in [0.25, 0.3) is 0 Å². The zero-order valence-electron chi connectivity index (χ0n) is 5.56. The first-order chi connectivity index (χ1) is 3.91. The molecule has 2 heteroatoms. The van der Waals surface area contributed by atoms with Crippen LogP contribution in [0.2, 0.25) is 0 Å². The van der Waals surface area contributed by atoms with Gasteiger partial charge in [-0.15, -0.1) is 6.58 Å². The highest BCUT2D eigenvalue weighted by molar-refractivity contribution is 4.64. The van der Waals surface area contributed by atoms with E-state index < -0.39 is 0 Å². The van der Waals surface area contributed by atoms with Crippen molar-refractivity contribution >= 4 is 0 Å². The molecule has 0 atom stereocenters. The Morgan fingerprint density at radius 3 is 2.12 bits per heavy atom. The Morgan fingerprint density at radius 2 is 2.00 bits per heavy atom. The first-order valence-corrected chi connectivity index (χ1v) is 2.86. The van der Waals surface area contributed by atoms with Gasteiger partial charge in [0.15, 0.2) is 0 Å². The third kappa shape index (κ3) is 17.4. The summed E-state index contributed by atoms with van der Waals surface area (Å²) in [5.74, 6) is 8.00. The third-order valence-corrected chi connectivity index (χ3v) is 0.762. The maximum Gasteiger partial charge on any atom is -0.0354 e. The lowest BCUT2D eigenvalue weighted by molar-refractivity contribution is 0.816. The molecule has 0 aliphatic carbocycles. The monoisotopic (exact) mass is 116 g/mol. The van der Waals surface area contributed by atoms with E-state index in [0.717, 1.165) is 0 Å². The molecule has 2 nitrogen and oxygen atoms in total. The van der Waals surface area contributed by atoms with Crippen molar-refractivity contribution in [3.63, 3.8) is 0 Å². The van der Waals surface area contributed by atoms with Crippen molar-refractivity contribution in [2.75, 3.05) is 0 Å². The summed E-state index contributed by atoms with van der Waals surface area (Å²) in [4.78, 5) is 0. The molecule has 0 aliphatic rings. The molecule has 0 aliphatic heterocycles. The van der Waals surface area contributed by atoms with Gasteiger partial charge in [0.2, 0.25) is 0 Å². The molecule has 0 saturated heterocycles. The van der Waals surface area contributed by atoms with Crippen LogP contribution in [0.4, 0.5) is 0 Å². The van der Waals surface area contributed by atoms with E-state index in [4.69, 9.17) is 0 Å². The van der Waals surface area contributed by atoms with Gasteiger partial charge in [-0.05, 0) is 6.42 Å². The molecule has 0 aromatic heterocycles. The van der Waals surface area contributed by atoms with Crippen LogP contribution in [-0.2, 0) is 0 Å². The molecule has 0 bridgehead atoms. The van der Waals surface area contributed by atoms with Crippen molar-refractivity contribution in [3.05, 3.63) is 12.7 Å². The maximum atomic E-state index is 4.00. The predicted molar refractivity (Wildman–Crippen MR) is 38.1 cm³/mol. The van der Waals surface area contributed by atoms with Crippen LogP contribution in [0.3, 0.4) is 0 Å². The number of hydrogen-bond acceptors (Lipinski definition) is 2. The zero-order valence-corrected chi connectivity index (χ0v) is 5.56. The highest BCUT2D eigenvalue weighted by atomic mass is 15.0. The molecule has 0 radical (unpaired) electrons. The van der Waals surface area contributed by atoms with Crippen molar-refractivity contribution in [2.24, 2.45) is 11.7 Å². The number of rotatable bonds is 3. The van der Waals surface area contributed by atoms with Gasteiger partial charge in [0.25, 0.3) is 0 Å². The second-order valence-corrected chi connectivity index (χ2v) is 1.43. The van der Waals surface area contributed by atoms with Crippen LogP contribution in [0.1, 0.15) is 26.2 Å². The summed E-state index contributed by atoms with van der Waals surface area (Å²) < 4.78 is 0. The van der Waals surface area contributed by atoms with E-state index in [9.17, 15) is 0 Å². The van der Waals surface area contributed by atoms with Gasteiger partial charge in [-0.1, -0.05) is 25.8 Å². The SMILES string of the molecule is C=CCCCC.NN. The lowest BCUT2D eigenvalue weighted by Gasteiger charge is -1.81. The normalized spacial score (nSPS) is 6.88. The Hall–Kier alpha value is -0.340. The number of hydrazine groups is 1. The molecule has 0 amide bonds. The van der Waals surface area contributed by atoms with E-state index in [1.165, 1.54) is 19.3 Å². The van der Waals surface area contributed by atoms with Crippen molar-refractivity contribution in [1.82, 2.24) is 0 Å². The number of nitrogens with two attached hydrogens (primary N) is 2. The van der Waals surface area contributed by atoms with Gasteiger partial charge < -0.3 is 0 Å². The second kappa shape index (κ2) is 15.9. The fourth-order valence-electron chi connectivity index (χ4n) is 0.348. The topological polar surface area (TPSA) is 52.0 Å². The minimum Gasteiger partial charge on any atom is -0.274 e. The maximum absolute atomic E-state index is 4.00. The molecular formula is C6H16N2. The smallest absolute Gasteiger partial charge is 0.0354 e. The number of allylic oxidation sites excluding steroid dienone is 1. The molecule has 8 heavy (non-hydrogen) atoms. The first-order valence-electron chi connectivity index (χ1n) is 2.86. The fraction of sp³-hybridized carbons (Fsp3) is 0.667. The molecule has 0 unspecified atom stereocenters. The van der Waals surface area contributed by atoms with Gasteiger partial charge in [-0.2, -0.15) is 0 Å². The van der Waals surface area contributed by atoms with Crippen molar-refractivity contribution in [1.29, 1.82) is 0 Å². The van der Waals surface area contributed by atoms with Crippen molar-refractivity contribution < 1.29 is 0 Å². The minimum atomic E-state index is 1.18. The molecule has 0 aromatic carbocycles. The average Bonchev–Trinajstić information content (AvgIpc) is 1.88. The van der Waals surface area contributed by atoms with Crippen LogP contribution < -0.4 is 11.7 Å². The van der Waals surface area contributed by atoms with Gasteiger partial charge in [0, 0.05) is 0 Å². The Morgan fingerprint density at radius 1 is 1.50 bits per heavy atom. The molecule has 0 spiro atoms. The second-order valence-electron chi connectivity index (χ2n) is 1.43. The largest absolute Gasteiger partial charge is 0.274 e. The summed E-state index contributed by atoms with van der Waals surface area (Å²) in [5.41, 5.74) is 0. The number of hydrogen-bond donors (Lipinski definition) is 2. The lowest BCUT2D eigenvalue weighted by Crippen LogP contribution is -2.02. The van der Waals surface area contributed by atoms with Crippen molar-refractivity contribution in [3.8, 4) is 0 Å². The number of unbranched alkanes of at least 4 members (excludes halogenated alkanes) is 2. The highest BCUT2D eigenvalue weighted by Gasteiger charge is 1.71. The molecular weight excluding hydrogens is 100 g/mol.